The largest absolute Gasteiger partial charge is 0.306 e. The van der Waals surface area contributed by atoms with Crippen LogP contribution in [0, 0.1) is 0 Å². The predicted octanol–water partition coefficient (Wildman–Crippen LogP) is 1.25. The van der Waals surface area contributed by atoms with Gasteiger partial charge < -0.3 is 5.32 Å². The van der Waals surface area contributed by atoms with E-state index in [1.54, 1.807) is 12.1 Å². The molecular formula is C10H13NO2S. The van der Waals surface area contributed by atoms with E-state index in [4.69, 9.17) is 0 Å². The van der Waals surface area contributed by atoms with Crippen molar-refractivity contribution in [1.29, 1.82) is 0 Å². The molecule has 0 aromatic heterocycles. The van der Waals surface area contributed by atoms with Gasteiger partial charge in [0.1, 0.15) is 0 Å². The molecule has 0 aliphatic carbocycles. The molecule has 1 aromatic carbocycles. The van der Waals surface area contributed by atoms with Gasteiger partial charge in [-0.15, -0.1) is 0 Å². The van der Waals surface area contributed by atoms with Crippen molar-refractivity contribution in [1.82, 2.24) is 5.32 Å². The second-order valence-electron chi connectivity index (χ2n) is 3.74. The molecule has 0 saturated carbocycles. The second kappa shape index (κ2) is 3.07. The van der Waals surface area contributed by atoms with Crippen LogP contribution in [0.4, 0.5) is 0 Å². The average Bonchev–Trinajstić information content (AvgIpc) is 2.46. The van der Waals surface area contributed by atoms with Crippen molar-refractivity contribution in [2.24, 2.45) is 0 Å². The molecular weight excluding hydrogens is 198 g/mol. The Morgan fingerprint density at radius 2 is 2.14 bits per heavy atom. The number of benzene rings is 1. The second-order valence-corrected chi connectivity index (χ2v) is 5.75. The summed E-state index contributed by atoms with van der Waals surface area (Å²) in [5.74, 6) is 0. The van der Waals surface area contributed by atoms with E-state index >= 15 is 0 Å². The van der Waals surface area contributed by atoms with E-state index in [-0.39, 0.29) is 6.04 Å². The summed E-state index contributed by atoms with van der Waals surface area (Å²) in [7, 11) is -3.08. The van der Waals surface area contributed by atoms with E-state index in [0.717, 1.165) is 12.1 Å². The Kier molecular flexibility index (Phi) is 2.12. The number of nitrogens with one attached hydrogen (secondary N) is 1. The molecule has 0 amide bonds. The highest BCUT2D eigenvalue weighted by atomic mass is 32.2. The molecule has 1 atom stereocenters. The molecule has 1 aliphatic rings. The third kappa shape index (κ3) is 1.55. The first-order valence-electron chi connectivity index (χ1n) is 4.55. The molecule has 0 radical (unpaired) electrons. The minimum absolute atomic E-state index is 0.256. The van der Waals surface area contributed by atoms with Crippen LogP contribution in [0.15, 0.2) is 23.1 Å². The van der Waals surface area contributed by atoms with E-state index in [9.17, 15) is 8.42 Å². The molecule has 0 bridgehead atoms. The van der Waals surface area contributed by atoms with Crippen molar-refractivity contribution in [2.45, 2.75) is 24.4 Å². The van der Waals surface area contributed by atoms with Crippen molar-refractivity contribution in [2.75, 3.05) is 6.26 Å². The summed E-state index contributed by atoms with van der Waals surface area (Å²) in [5.41, 5.74) is 2.30. The molecule has 1 aromatic rings. The van der Waals surface area contributed by atoms with Gasteiger partial charge in [-0.3, -0.25) is 0 Å². The fourth-order valence-electron chi connectivity index (χ4n) is 1.74. The number of hydrogen-bond acceptors (Lipinski definition) is 3. The van der Waals surface area contributed by atoms with Crippen LogP contribution in [0.25, 0.3) is 0 Å². The molecule has 76 valence electrons. The van der Waals surface area contributed by atoms with Crippen LogP contribution in [-0.2, 0) is 16.4 Å². The van der Waals surface area contributed by atoms with E-state index in [1.807, 2.05) is 13.0 Å². The number of rotatable bonds is 1. The van der Waals surface area contributed by atoms with Crippen LogP contribution in [-0.4, -0.2) is 14.7 Å². The summed E-state index contributed by atoms with van der Waals surface area (Å²) in [6.45, 7) is 2.87. The van der Waals surface area contributed by atoms with Gasteiger partial charge in [0, 0.05) is 18.8 Å². The maximum absolute atomic E-state index is 11.3. The van der Waals surface area contributed by atoms with Gasteiger partial charge in [0.05, 0.1) is 4.90 Å². The Morgan fingerprint density at radius 1 is 1.43 bits per heavy atom. The quantitative estimate of drug-likeness (QED) is 0.760. The summed E-state index contributed by atoms with van der Waals surface area (Å²) in [4.78, 5) is 0.409. The van der Waals surface area contributed by atoms with Gasteiger partial charge in [-0.25, -0.2) is 8.42 Å². The summed E-state index contributed by atoms with van der Waals surface area (Å²) in [6, 6.07) is 5.59. The fraction of sp³-hybridized carbons (Fsp3) is 0.400. The molecule has 0 spiro atoms. The Morgan fingerprint density at radius 3 is 2.79 bits per heavy atom. The molecule has 1 unspecified atom stereocenters. The molecule has 0 fully saturated rings. The van der Waals surface area contributed by atoms with Crippen LogP contribution < -0.4 is 5.32 Å². The lowest BCUT2D eigenvalue weighted by Crippen LogP contribution is -2.07. The average molecular weight is 211 g/mol. The van der Waals surface area contributed by atoms with Crippen LogP contribution >= 0.6 is 0 Å². The molecule has 3 nitrogen and oxygen atoms in total. The van der Waals surface area contributed by atoms with E-state index < -0.39 is 9.84 Å². The number of fused-ring (bicyclic) bond motifs is 1. The van der Waals surface area contributed by atoms with Crippen molar-refractivity contribution in [3.05, 3.63) is 29.3 Å². The predicted molar refractivity (Wildman–Crippen MR) is 54.8 cm³/mol. The molecule has 1 aliphatic heterocycles. The minimum Gasteiger partial charge on any atom is -0.306 e. The number of hydrogen-bond donors (Lipinski definition) is 1. The summed E-state index contributed by atoms with van der Waals surface area (Å²) >= 11 is 0. The summed E-state index contributed by atoms with van der Waals surface area (Å²) < 4.78 is 22.6. The topological polar surface area (TPSA) is 46.2 Å². The van der Waals surface area contributed by atoms with Gasteiger partial charge in [-0.05, 0) is 30.2 Å². The maximum atomic E-state index is 11.3. The van der Waals surface area contributed by atoms with Crippen LogP contribution in [0.1, 0.15) is 24.1 Å². The summed E-state index contributed by atoms with van der Waals surface area (Å²) in [6.07, 6.45) is 1.24. The van der Waals surface area contributed by atoms with E-state index in [2.05, 4.69) is 5.32 Å². The standard InChI is InChI=1S/C10H13NO2S/c1-7-10-5-9(14(2,12)13)4-3-8(10)6-11-7/h3-5,7,11H,6H2,1-2H3. The zero-order valence-corrected chi connectivity index (χ0v) is 9.06. The highest BCUT2D eigenvalue weighted by Crippen LogP contribution is 2.27. The monoisotopic (exact) mass is 211 g/mol. The molecule has 4 heteroatoms. The van der Waals surface area contributed by atoms with Gasteiger partial charge in [0.2, 0.25) is 0 Å². The van der Waals surface area contributed by atoms with Gasteiger partial charge in [-0.2, -0.15) is 0 Å². The van der Waals surface area contributed by atoms with Crippen molar-refractivity contribution in [3.8, 4) is 0 Å². The Bertz CT molecular complexity index is 465. The molecule has 2 rings (SSSR count). The lowest BCUT2D eigenvalue weighted by molar-refractivity contribution is 0.601. The Hall–Kier alpha value is -0.870. The van der Waals surface area contributed by atoms with Crippen LogP contribution in [0.2, 0.25) is 0 Å². The first kappa shape index (κ1) is 9.68. The third-order valence-electron chi connectivity index (χ3n) is 2.61. The van der Waals surface area contributed by atoms with Crippen molar-refractivity contribution in [3.63, 3.8) is 0 Å². The third-order valence-corrected chi connectivity index (χ3v) is 3.72. The molecule has 1 N–H and O–H groups in total. The van der Waals surface area contributed by atoms with Crippen LogP contribution in [0.5, 0.6) is 0 Å². The van der Waals surface area contributed by atoms with Crippen LogP contribution in [0.3, 0.4) is 0 Å². The first-order valence-corrected chi connectivity index (χ1v) is 6.44. The zero-order chi connectivity index (χ0) is 10.3. The SMILES string of the molecule is CC1NCc2ccc(S(C)(=O)=O)cc21. The molecule has 1 heterocycles. The molecule has 14 heavy (non-hydrogen) atoms. The maximum Gasteiger partial charge on any atom is 0.175 e. The lowest BCUT2D eigenvalue weighted by Gasteiger charge is -2.05. The minimum atomic E-state index is -3.08. The van der Waals surface area contributed by atoms with E-state index in [1.165, 1.54) is 11.8 Å². The van der Waals surface area contributed by atoms with Crippen molar-refractivity contribution >= 4 is 9.84 Å². The van der Waals surface area contributed by atoms with Gasteiger partial charge >= 0.3 is 0 Å². The zero-order valence-electron chi connectivity index (χ0n) is 8.24. The highest BCUT2D eigenvalue weighted by molar-refractivity contribution is 7.90. The Balaban J connectivity index is 2.56. The van der Waals surface area contributed by atoms with Gasteiger partial charge in [-0.1, -0.05) is 6.07 Å². The van der Waals surface area contributed by atoms with E-state index in [0.29, 0.717) is 4.90 Å². The first-order chi connectivity index (χ1) is 6.48. The number of sulfone groups is 1. The van der Waals surface area contributed by atoms with Gasteiger partial charge in [0.25, 0.3) is 0 Å². The smallest absolute Gasteiger partial charge is 0.175 e. The van der Waals surface area contributed by atoms with Crippen molar-refractivity contribution < 1.29 is 8.42 Å². The Labute approximate surface area is 84.1 Å². The summed E-state index contributed by atoms with van der Waals surface area (Å²) in [5, 5.41) is 3.27. The highest BCUT2D eigenvalue weighted by Gasteiger charge is 2.19. The molecule has 0 saturated heterocycles. The van der Waals surface area contributed by atoms with Gasteiger partial charge in [0.15, 0.2) is 9.84 Å². The fourth-order valence-corrected chi connectivity index (χ4v) is 2.40. The normalized spacial score (nSPS) is 20.9. The lowest BCUT2D eigenvalue weighted by atomic mass is 10.1.